The smallest absolute Gasteiger partial charge is 0.231 e. The number of hydrogen-bond donors (Lipinski definition) is 1. The van der Waals surface area contributed by atoms with E-state index in [1.165, 1.54) is 32.1 Å². The van der Waals surface area contributed by atoms with E-state index in [1.54, 1.807) is 0 Å². The summed E-state index contributed by atoms with van der Waals surface area (Å²) >= 11 is 0. The number of ether oxygens (including phenoxy) is 2. The average Bonchev–Trinajstić information content (AvgIpc) is 3.26. The lowest BCUT2D eigenvalue weighted by Gasteiger charge is -2.21. The van der Waals surface area contributed by atoms with Crippen LogP contribution in [-0.2, 0) is 4.79 Å². The summed E-state index contributed by atoms with van der Waals surface area (Å²) in [6.07, 6.45) is 9.81. The van der Waals surface area contributed by atoms with Crippen LogP contribution in [0.15, 0.2) is 36.4 Å². The minimum Gasteiger partial charge on any atom is -0.454 e. The van der Waals surface area contributed by atoms with Crippen LogP contribution in [-0.4, -0.2) is 12.7 Å². The zero-order valence-corrected chi connectivity index (χ0v) is 17.9. The van der Waals surface area contributed by atoms with Crippen molar-refractivity contribution in [3.05, 3.63) is 53.1 Å². The van der Waals surface area contributed by atoms with Crippen molar-refractivity contribution in [2.24, 2.45) is 5.92 Å². The number of hydrogen-bond acceptors (Lipinski definition) is 4. The van der Waals surface area contributed by atoms with Crippen LogP contribution < -0.4 is 14.8 Å². The topological polar surface area (TPSA) is 71.4 Å². The number of carbonyl (C=O) groups excluding carboxylic acids is 1. The lowest BCUT2D eigenvalue weighted by molar-refractivity contribution is -0.116. The molecule has 0 bridgehead atoms. The molecule has 4 rings (SSSR count). The summed E-state index contributed by atoms with van der Waals surface area (Å²) < 4.78 is 10.8. The first-order chi connectivity index (χ1) is 15.1. The lowest BCUT2D eigenvalue weighted by atomic mass is 9.86. The summed E-state index contributed by atoms with van der Waals surface area (Å²) in [4.78, 5) is 12.5. The van der Waals surface area contributed by atoms with Crippen LogP contribution in [0.4, 0.5) is 5.69 Å². The third-order valence-corrected chi connectivity index (χ3v) is 6.17. The quantitative estimate of drug-likeness (QED) is 0.457. The highest BCUT2D eigenvalue weighted by Gasteiger charge is 2.16. The molecule has 2 aromatic rings. The molecule has 5 nitrogen and oxygen atoms in total. The second-order valence-corrected chi connectivity index (χ2v) is 8.40. The van der Waals surface area contributed by atoms with Gasteiger partial charge < -0.3 is 14.8 Å². The van der Waals surface area contributed by atoms with E-state index >= 15 is 0 Å². The van der Waals surface area contributed by atoms with Gasteiger partial charge in [-0.3, -0.25) is 4.79 Å². The molecule has 0 saturated heterocycles. The van der Waals surface area contributed by atoms with Gasteiger partial charge in [-0.25, -0.2) is 0 Å². The van der Waals surface area contributed by atoms with Gasteiger partial charge in [0, 0.05) is 12.1 Å². The first-order valence-corrected chi connectivity index (χ1v) is 11.0. The predicted octanol–water partition coefficient (Wildman–Crippen LogP) is 6.09. The highest BCUT2D eigenvalue weighted by Crippen LogP contribution is 2.35. The number of rotatable bonds is 6. The summed E-state index contributed by atoms with van der Waals surface area (Å²) in [5.41, 5.74) is 4.00. The van der Waals surface area contributed by atoms with E-state index in [9.17, 15) is 10.1 Å². The Morgan fingerprint density at radius 1 is 1.13 bits per heavy atom. The maximum atomic E-state index is 12.5. The van der Waals surface area contributed by atoms with Gasteiger partial charge in [0.15, 0.2) is 11.5 Å². The molecular formula is C26H28N2O3. The molecule has 0 aromatic heterocycles. The van der Waals surface area contributed by atoms with Crippen molar-refractivity contribution in [2.75, 3.05) is 12.1 Å². The molecule has 1 saturated carbocycles. The zero-order chi connectivity index (χ0) is 21.6. The molecule has 1 N–H and O–H groups in total. The fraction of sp³-hybridized carbons (Fsp3) is 0.385. The first-order valence-electron chi connectivity index (χ1n) is 11.0. The maximum absolute atomic E-state index is 12.5. The van der Waals surface area contributed by atoms with E-state index in [1.807, 2.05) is 49.4 Å². The number of amides is 1. The predicted molar refractivity (Wildman–Crippen MR) is 122 cm³/mol. The number of aryl methyl sites for hydroxylation is 1. The number of fused-ring (bicyclic) bond motifs is 1. The van der Waals surface area contributed by atoms with Gasteiger partial charge in [-0.05, 0) is 72.4 Å². The molecule has 2 aromatic carbocycles. The van der Waals surface area contributed by atoms with Crippen LogP contribution in [0.25, 0.3) is 11.6 Å². The van der Waals surface area contributed by atoms with Gasteiger partial charge in [0.2, 0.25) is 12.7 Å². The molecular weight excluding hydrogens is 388 g/mol. The molecule has 1 aliphatic heterocycles. The lowest BCUT2D eigenvalue weighted by Crippen LogP contribution is -2.15. The van der Waals surface area contributed by atoms with Crippen molar-refractivity contribution in [1.82, 2.24) is 0 Å². The monoisotopic (exact) mass is 416 g/mol. The molecule has 5 heteroatoms. The first kappa shape index (κ1) is 21.0. The Morgan fingerprint density at radius 2 is 1.94 bits per heavy atom. The van der Waals surface area contributed by atoms with Gasteiger partial charge in [-0.2, -0.15) is 5.26 Å². The van der Waals surface area contributed by atoms with E-state index in [4.69, 9.17) is 9.47 Å². The zero-order valence-electron chi connectivity index (χ0n) is 17.9. The highest BCUT2D eigenvalue weighted by atomic mass is 16.7. The van der Waals surface area contributed by atoms with Crippen molar-refractivity contribution in [3.8, 4) is 17.6 Å². The molecule has 31 heavy (non-hydrogen) atoms. The van der Waals surface area contributed by atoms with Gasteiger partial charge in [0.05, 0.1) is 11.6 Å². The fourth-order valence-corrected chi connectivity index (χ4v) is 4.31. The molecule has 1 heterocycles. The largest absolute Gasteiger partial charge is 0.454 e. The molecule has 1 aliphatic carbocycles. The van der Waals surface area contributed by atoms with Crippen molar-refractivity contribution < 1.29 is 14.3 Å². The summed E-state index contributed by atoms with van der Waals surface area (Å²) in [7, 11) is 0. The summed E-state index contributed by atoms with van der Waals surface area (Å²) in [5, 5.41) is 12.8. The molecule has 1 amide bonds. The SMILES string of the molecule is Cc1ccc(NC(=O)CCC2CCCCC2)cc1/C=C(\C#N)c1ccc2c(c1)OCO2. The van der Waals surface area contributed by atoms with E-state index in [-0.39, 0.29) is 12.7 Å². The number of nitriles is 1. The number of benzene rings is 2. The molecule has 1 fully saturated rings. The molecule has 2 aliphatic rings. The van der Waals surface area contributed by atoms with Crippen LogP contribution in [0.3, 0.4) is 0 Å². The summed E-state index contributed by atoms with van der Waals surface area (Å²) in [5.74, 6) is 2.08. The van der Waals surface area contributed by atoms with E-state index in [2.05, 4.69) is 11.4 Å². The number of nitrogens with one attached hydrogen (secondary N) is 1. The Bertz CT molecular complexity index is 1030. The van der Waals surface area contributed by atoms with Crippen LogP contribution in [0.2, 0.25) is 0 Å². The van der Waals surface area contributed by atoms with Crippen molar-refractivity contribution in [1.29, 1.82) is 5.26 Å². The Labute approximate surface area is 183 Å². The average molecular weight is 417 g/mol. The summed E-state index contributed by atoms with van der Waals surface area (Å²) in [6.45, 7) is 2.20. The number of carbonyl (C=O) groups is 1. The standard InChI is InChI=1S/C26H28N2O3/c1-18-7-10-23(28-26(29)12-8-19-5-3-2-4-6-19)14-21(18)13-22(16-27)20-9-11-24-25(15-20)31-17-30-24/h7,9-11,13-15,19H,2-6,8,12,17H2,1H3,(H,28,29)/b22-13+. The van der Waals surface area contributed by atoms with Crippen LogP contribution in [0, 0.1) is 24.2 Å². The van der Waals surface area contributed by atoms with Crippen molar-refractivity contribution in [3.63, 3.8) is 0 Å². The number of anilines is 1. The van der Waals surface area contributed by atoms with Gasteiger partial charge in [0.25, 0.3) is 0 Å². The normalized spacial score (nSPS) is 16.1. The van der Waals surface area contributed by atoms with Crippen LogP contribution in [0.1, 0.15) is 61.6 Å². The molecule has 0 spiro atoms. The highest BCUT2D eigenvalue weighted by molar-refractivity contribution is 5.93. The van der Waals surface area contributed by atoms with E-state index in [0.717, 1.165) is 28.8 Å². The Hall–Kier alpha value is -3.26. The second kappa shape index (κ2) is 9.70. The summed E-state index contributed by atoms with van der Waals surface area (Å²) in [6, 6.07) is 13.6. The van der Waals surface area contributed by atoms with Crippen molar-refractivity contribution >= 4 is 23.2 Å². The van der Waals surface area contributed by atoms with Crippen LogP contribution in [0.5, 0.6) is 11.5 Å². The second-order valence-electron chi connectivity index (χ2n) is 8.40. The third-order valence-electron chi connectivity index (χ3n) is 6.17. The number of allylic oxidation sites excluding steroid dienone is 1. The minimum absolute atomic E-state index is 0.0561. The van der Waals surface area contributed by atoms with Gasteiger partial charge >= 0.3 is 0 Å². The third kappa shape index (κ3) is 5.27. The number of nitrogens with zero attached hydrogens (tertiary/aromatic N) is 1. The maximum Gasteiger partial charge on any atom is 0.231 e. The van der Waals surface area contributed by atoms with E-state index < -0.39 is 0 Å². The molecule has 0 unspecified atom stereocenters. The molecule has 160 valence electrons. The van der Waals surface area contributed by atoms with Gasteiger partial charge in [-0.1, -0.05) is 38.2 Å². The Morgan fingerprint density at radius 3 is 2.74 bits per heavy atom. The van der Waals surface area contributed by atoms with Gasteiger partial charge in [0.1, 0.15) is 0 Å². The minimum atomic E-state index is 0.0561. The Kier molecular flexibility index (Phi) is 6.57. The Balaban J connectivity index is 1.46. The molecule has 0 radical (unpaired) electrons. The fourth-order valence-electron chi connectivity index (χ4n) is 4.31. The van der Waals surface area contributed by atoms with E-state index in [0.29, 0.717) is 29.4 Å². The molecule has 0 atom stereocenters. The van der Waals surface area contributed by atoms with Gasteiger partial charge in [-0.15, -0.1) is 0 Å². The van der Waals surface area contributed by atoms with Crippen molar-refractivity contribution in [2.45, 2.75) is 51.9 Å². The van der Waals surface area contributed by atoms with Crippen LogP contribution >= 0.6 is 0 Å².